The molecule has 130 valence electrons. The van der Waals surface area contributed by atoms with E-state index < -0.39 is 0 Å². The van der Waals surface area contributed by atoms with Gasteiger partial charge in [-0.3, -0.25) is 9.59 Å². The van der Waals surface area contributed by atoms with Crippen LogP contribution in [0.5, 0.6) is 0 Å². The quantitative estimate of drug-likeness (QED) is 0.338. The van der Waals surface area contributed by atoms with E-state index in [1.165, 1.54) is 0 Å². The Bertz CT molecular complexity index is 649. The fourth-order valence-corrected chi connectivity index (χ4v) is 2.82. The standard InChI is InChI=1S/C16H19N3O2S.C2H6/c1-10(17)18-14-7-6-12(8-15(14)22)19-16(21)13-5-3-2-4-11(13)9-20;1-2/h2-5,9,12,22H,6-8H2,1H3,(H2,17,18)(H,19,21);1-2H3. The lowest BCUT2D eigenvalue weighted by molar-refractivity contribution is 0.0929. The minimum atomic E-state index is -0.240. The number of aldehydes is 1. The maximum Gasteiger partial charge on any atom is 0.252 e. The predicted molar refractivity (Wildman–Crippen MR) is 102 cm³/mol. The number of thiol groups is 1. The van der Waals surface area contributed by atoms with Gasteiger partial charge < -0.3 is 11.1 Å². The Labute approximate surface area is 148 Å². The highest BCUT2D eigenvalue weighted by atomic mass is 32.1. The normalized spacial score (nSPS) is 17.7. The average molecular weight is 347 g/mol. The van der Waals surface area contributed by atoms with E-state index in [4.69, 9.17) is 5.73 Å². The molecule has 1 aliphatic rings. The molecule has 0 aromatic heterocycles. The summed E-state index contributed by atoms with van der Waals surface area (Å²) in [5, 5.41) is 2.95. The SMILES string of the molecule is CC.CC(N)=NC1=C(S)CC(NC(=O)c2ccccc2C=O)CC1. The van der Waals surface area contributed by atoms with Crippen LogP contribution >= 0.6 is 12.6 Å². The summed E-state index contributed by atoms with van der Waals surface area (Å²) in [5.41, 5.74) is 7.25. The fraction of sp³-hybridized carbons (Fsp3) is 0.389. The van der Waals surface area contributed by atoms with Crippen LogP contribution < -0.4 is 11.1 Å². The van der Waals surface area contributed by atoms with Crippen molar-refractivity contribution in [3.8, 4) is 0 Å². The lowest BCUT2D eigenvalue weighted by Gasteiger charge is -2.24. The molecule has 0 spiro atoms. The van der Waals surface area contributed by atoms with Crippen molar-refractivity contribution < 1.29 is 9.59 Å². The van der Waals surface area contributed by atoms with Gasteiger partial charge in [-0.25, -0.2) is 4.99 Å². The first-order chi connectivity index (χ1) is 11.5. The summed E-state index contributed by atoms with van der Waals surface area (Å²) in [6.07, 6.45) is 2.79. The minimum Gasteiger partial charge on any atom is -0.387 e. The lowest BCUT2D eigenvalue weighted by Crippen LogP contribution is -2.36. The Morgan fingerprint density at radius 1 is 1.38 bits per heavy atom. The highest BCUT2D eigenvalue weighted by Crippen LogP contribution is 2.28. The number of hydrogen-bond acceptors (Lipinski definition) is 4. The van der Waals surface area contributed by atoms with Crippen molar-refractivity contribution in [1.82, 2.24) is 5.32 Å². The molecular weight excluding hydrogens is 322 g/mol. The number of rotatable bonds is 4. The van der Waals surface area contributed by atoms with Crippen LogP contribution in [-0.2, 0) is 0 Å². The van der Waals surface area contributed by atoms with Crippen LogP contribution in [0.3, 0.4) is 0 Å². The lowest BCUT2D eigenvalue weighted by atomic mass is 9.98. The van der Waals surface area contributed by atoms with Crippen LogP contribution in [0.1, 0.15) is 60.7 Å². The Balaban J connectivity index is 0.00000139. The van der Waals surface area contributed by atoms with E-state index in [0.717, 1.165) is 17.0 Å². The smallest absolute Gasteiger partial charge is 0.252 e. The molecule has 1 aromatic carbocycles. The molecule has 1 aliphatic carbocycles. The molecule has 1 unspecified atom stereocenters. The molecule has 0 radical (unpaired) electrons. The highest BCUT2D eigenvalue weighted by Gasteiger charge is 2.22. The predicted octanol–water partition coefficient (Wildman–Crippen LogP) is 3.33. The van der Waals surface area contributed by atoms with E-state index >= 15 is 0 Å². The van der Waals surface area contributed by atoms with Crippen LogP contribution in [0, 0.1) is 0 Å². The monoisotopic (exact) mass is 347 g/mol. The van der Waals surface area contributed by atoms with Crippen molar-refractivity contribution in [2.45, 2.75) is 46.1 Å². The molecule has 3 N–H and O–H groups in total. The first kappa shape index (κ1) is 20.0. The largest absolute Gasteiger partial charge is 0.387 e. The molecule has 0 bridgehead atoms. The van der Waals surface area contributed by atoms with E-state index in [2.05, 4.69) is 22.9 Å². The number of nitrogens with one attached hydrogen (secondary N) is 1. The van der Waals surface area contributed by atoms with Crippen molar-refractivity contribution in [2.24, 2.45) is 10.7 Å². The number of nitrogens with zero attached hydrogens (tertiary/aromatic N) is 1. The highest BCUT2D eigenvalue weighted by molar-refractivity contribution is 7.84. The Hall–Kier alpha value is -2.08. The zero-order valence-corrected chi connectivity index (χ0v) is 15.3. The Morgan fingerprint density at radius 3 is 2.62 bits per heavy atom. The Morgan fingerprint density at radius 2 is 2.04 bits per heavy atom. The molecule has 0 aliphatic heterocycles. The maximum absolute atomic E-state index is 12.3. The van der Waals surface area contributed by atoms with Crippen LogP contribution in [0.25, 0.3) is 0 Å². The van der Waals surface area contributed by atoms with Gasteiger partial charge >= 0.3 is 0 Å². The summed E-state index contributed by atoms with van der Waals surface area (Å²) in [4.78, 5) is 28.4. The van der Waals surface area contributed by atoms with Crippen molar-refractivity contribution >= 4 is 30.7 Å². The molecule has 1 atom stereocenters. The van der Waals surface area contributed by atoms with Gasteiger partial charge in [-0.2, -0.15) is 0 Å². The number of hydrogen-bond donors (Lipinski definition) is 3. The molecule has 0 fully saturated rings. The summed E-state index contributed by atoms with van der Waals surface area (Å²) in [6.45, 7) is 5.73. The summed E-state index contributed by atoms with van der Waals surface area (Å²) >= 11 is 4.45. The van der Waals surface area contributed by atoms with Gasteiger partial charge in [0.2, 0.25) is 0 Å². The first-order valence-electron chi connectivity index (χ1n) is 8.08. The summed E-state index contributed by atoms with van der Waals surface area (Å²) in [7, 11) is 0. The van der Waals surface area contributed by atoms with Crippen LogP contribution in [0.15, 0.2) is 39.9 Å². The number of aliphatic imine (C=N–C) groups is 1. The minimum absolute atomic E-state index is 0.0169. The number of benzene rings is 1. The van der Waals surface area contributed by atoms with Crippen molar-refractivity contribution in [3.63, 3.8) is 0 Å². The molecule has 0 heterocycles. The van der Waals surface area contributed by atoms with Gasteiger partial charge in [-0.05, 0) is 25.8 Å². The summed E-state index contributed by atoms with van der Waals surface area (Å²) < 4.78 is 0. The van der Waals surface area contributed by atoms with Gasteiger partial charge in [0.1, 0.15) is 0 Å². The number of allylic oxidation sites excluding steroid dienone is 1. The molecule has 1 aromatic rings. The third-order valence-electron chi connectivity index (χ3n) is 3.48. The zero-order valence-electron chi connectivity index (χ0n) is 14.4. The van der Waals surface area contributed by atoms with Gasteiger partial charge in [-0.1, -0.05) is 32.0 Å². The van der Waals surface area contributed by atoms with Crippen LogP contribution in [-0.4, -0.2) is 24.1 Å². The Kier molecular flexibility index (Phi) is 8.26. The third-order valence-corrected chi connectivity index (χ3v) is 3.92. The molecule has 0 saturated carbocycles. The van der Waals surface area contributed by atoms with Crippen LogP contribution in [0.4, 0.5) is 0 Å². The van der Waals surface area contributed by atoms with Crippen molar-refractivity contribution in [1.29, 1.82) is 0 Å². The van der Waals surface area contributed by atoms with E-state index in [0.29, 0.717) is 36.1 Å². The molecule has 6 heteroatoms. The second kappa shape index (κ2) is 9.93. The number of amides is 1. The number of carbonyl (C=O) groups excluding carboxylic acids is 2. The molecule has 24 heavy (non-hydrogen) atoms. The van der Waals surface area contributed by atoms with Crippen LogP contribution in [0.2, 0.25) is 0 Å². The van der Waals surface area contributed by atoms with Gasteiger partial charge in [-0.15, -0.1) is 12.6 Å². The van der Waals surface area contributed by atoms with Gasteiger partial charge in [0, 0.05) is 28.5 Å². The topological polar surface area (TPSA) is 84.5 Å². The summed E-state index contributed by atoms with van der Waals surface area (Å²) in [6, 6.07) is 6.73. The van der Waals surface area contributed by atoms with E-state index in [-0.39, 0.29) is 11.9 Å². The van der Waals surface area contributed by atoms with Gasteiger partial charge in [0.15, 0.2) is 6.29 Å². The number of carbonyl (C=O) groups is 2. The first-order valence-corrected chi connectivity index (χ1v) is 8.52. The van der Waals surface area contributed by atoms with E-state index in [1.807, 2.05) is 13.8 Å². The molecule has 0 saturated heterocycles. The summed E-state index contributed by atoms with van der Waals surface area (Å²) in [5.74, 6) is 0.264. The zero-order chi connectivity index (χ0) is 18.1. The third kappa shape index (κ3) is 5.53. The molecule has 2 rings (SSSR count). The fourth-order valence-electron chi connectivity index (χ4n) is 2.43. The molecule has 1 amide bonds. The number of nitrogens with two attached hydrogens (primary N) is 1. The molecule has 5 nitrogen and oxygen atoms in total. The van der Waals surface area contributed by atoms with Gasteiger partial charge in [0.05, 0.1) is 11.5 Å². The second-order valence-electron chi connectivity index (χ2n) is 5.26. The average Bonchev–Trinajstić information content (AvgIpc) is 2.58. The van der Waals surface area contributed by atoms with E-state index in [1.54, 1.807) is 31.2 Å². The maximum atomic E-state index is 12.3. The second-order valence-corrected chi connectivity index (χ2v) is 5.80. The van der Waals surface area contributed by atoms with E-state index in [9.17, 15) is 9.59 Å². The number of amidine groups is 1. The van der Waals surface area contributed by atoms with Crippen molar-refractivity contribution in [2.75, 3.05) is 0 Å². The van der Waals surface area contributed by atoms with Crippen molar-refractivity contribution in [3.05, 3.63) is 46.0 Å². The van der Waals surface area contributed by atoms with Gasteiger partial charge in [0.25, 0.3) is 5.91 Å². The molecular formula is C18H25N3O2S.